The van der Waals surface area contributed by atoms with E-state index < -0.39 is 0 Å². The second-order valence-electron chi connectivity index (χ2n) is 4.68. The van der Waals surface area contributed by atoms with Crippen LogP contribution in [0.2, 0.25) is 0 Å². The van der Waals surface area contributed by atoms with Crippen LogP contribution in [0, 0.1) is 5.92 Å². The number of nitrogens with zero attached hydrogens (tertiary/aromatic N) is 2. The van der Waals surface area contributed by atoms with E-state index in [2.05, 4.69) is 11.8 Å². The Morgan fingerprint density at radius 2 is 1.82 bits per heavy atom. The summed E-state index contributed by atoms with van der Waals surface area (Å²) < 4.78 is 0. The third kappa shape index (κ3) is 6.67. The van der Waals surface area contributed by atoms with Gasteiger partial charge < -0.3 is 9.80 Å². The van der Waals surface area contributed by atoms with Gasteiger partial charge in [-0.3, -0.25) is 4.79 Å². The molecule has 1 amide bonds. The summed E-state index contributed by atoms with van der Waals surface area (Å²) in [6, 6.07) is 0. The van der Waals surface area contributed by atoms with E-state index in [1.165, 1.54) is 38.9 Å². The van der Waals surface area contributed by atoms with Gasteiger partial charge in [-0.15, -0.1) is 0 Å². The second kappa shape index (κ2) is 9.46. The average Bonchev–Trinajstić information content (AvgIpc) is 2.34. The Kier molecular flexibility index (Phi) is 9.14. The highest BCUT2D eigenvalue weighted by molar-refractivity contribution is 5.72. The molecule has 0 atom stereocenters. The maximum atomic E-state index is 11.1. The van der Waals surface area contributed by atoms with Crippen LogP contribution in [0.15, 0.2) is 0 Å². The number of likely N-dealkylation sites (tertiary alicyclic amines) is 1. The molecule has 0 bridgehead atoms. The molecular formula is C14H30N2O. The Morgan fingerprint density at radius 1 is 1.29 bits per heavy atom. The third-order valence-corrected chi connectivity index (χ3v) is 3.32. The lowest BCUT2D eigenvalue weighted by Crippen LogP contribution is -2.39. The summed E-state index contributed by atoms with van der Waals surface area (Å²) in [7, 11) is 1.90. The zero-order chi connectivity index (χ0) is 13.3. The number of carbonyl (C=O) groups is 1. The maximum absolute atomic E-state index is 11.1. The van der Waals surface area contributed by atoms with Crippen LogP contribution in [0.5, 0.6) is 0 Å². The zero-order valence-electron chi connectivity index (χ0n) is 12.3. The van der Waals surface area contributed by atoms with Gasteiger partial charge in [-0.05, 0) is 44.8 Å². The highest BCUT2D eigenvalue weighted by Crippen LogP contribution is 2.18. The van der Waals surface area contributed by atoms with Crippen molar-refractivity contribution < 1.29 is 4.79 Å². The highest BCUT2D eigenvalue weighted by atomic mass is 16.2. The second-order valence-corrected chi connectivity index (χ2v) is 4.68. The van der Waals surface area contributed by atoms with E-state index in [1.54, 1.807) is 6.92 Å². The smallest absolute Gasteiger partial charge is 0.219 e. The predicted molar refractivity (Wildman–Crippen MR) is 74.1 cm³/mol. The van der Waals surface area contributed by atoms with Crippen LogP contribution in [-0.4, -0.2) is 48.9 Å². The average molecular weight is 242 g/mol. The first-order valence-electron chi connectivity index (χ1n) is 7.07. The topological polar surface area (TPSA) is 23.6 Å². The van der Waals surface area contributed by atoms with E-state index in [4.69, 9.17) is 0 Å². The van der Waals surface area contributed by atoms with Crippen molar-refractivity contribution in [2.24, 2.45) is 5.92 Å². The third-order valence-electron chi connectivity index (χ3n) is 3.32. The summed E-state index contributed by atoms with van der Waals surface area (Å²) in [6.45, 7) is 12.5. The van der Waals surface area contributed by atoms with Crippen molar-refractivity contribution in [3.63, 3.8) is 0 Å². The Bertz CT molecular complexity index is 198. The van der Waals surface area contributed by atoms with E-state index in [1.807, 2.05) is 25.8 Å². The molecule has 1 heterocycles. The van der Waals surface area contributed by atoms with Crippen LogP contribution < -0.4 is 0 Å². The summed E-state index contributed by atoms with van der Waals surface area (Å²) in [4.78, 5) is 15.5. The fourth-order valence-electron chi connectivity index (χ4n) is 2.22. The SMILES string of the molecule is CC.CCCN1CCC(CN(C)C(C)=O)CC1. The van der Waals surface area contributed by atoms with Gasteiger partial charge in [-0.1, -0.05) is 20.8 Å². The predicted octanol–water partition coefficient (Wildman–Crippen LogP) is 2.61. The van der Waals surface area contributed by atoms with Crippen molar-refractivity contribution >= 4 is 5.91 Å². The quantitative estimate of drug-likeness (QED) is 0.756. The molecule has 0 N–H and O–H groups in total. The molecule has 3 nitrogen and oxygen atoms in total. The van der Waals surface area contributed by atoms with Gasteiger partial charge in [-0.2, -0.15) is 0 Å². The minimum Gasteiger partial charge on any atom is -0.346 e. The van der Waals surface area contributed by atoms with E-state index >= 15 is 0 Å². The lowest BCUT2D eigenvalue weighted by atomic mass is 9.96. The molecule has 0 spiro atoms. The van der Waals surface area contributed by atoms with Crippen LogP contribution in [0.25, 0.3) is 0 Å². The first kappa shape index (κ1) is 16.4. The molecule has 0 aliphatic carbocycles. The summed E-state index contributed by atoms with van der Waals surface area (Å²) in [5.41, 5.74) is 0. The summed E-state index contributed by atoms with van der Waals surface area (Å²) in [6.07, 6.45) is 3.74. The van der Waals surface area contributed by atoms with Crippen LogP contribution in [0.4, 0.5) is 0 Å². The molecule has 3 heteroatoms. The van der Waals surface area contributed by atoms with E-state index in [0.717, 1.165) is 6.54 Å². The van der Waals surface area contributed by atoms with Crippen LogP contribution in [0.3, 0.4) is 0 Å². The van der Waals surface area contributed by atoms with Gasteiger partial charge in [0.05, 0.1) is 0 Å². The first-order valence-corrected chi connectivity index (χ1v) is 7.07. The fraction of sp³-hybridized carbons (Fsp3) is 0.929. The molecule has 0 unspecified atom stereocenters. The molecule has 1 aliphatic heterocycles. The summed E-state index contributed by atoms with van der Waals surface area (Å²) >= 11 is 0. The van der Waals surface area contributed by atoms with Gasteiger partial charge in [0.1, 0.15) is 0 Å². The van der Waals surface area contributed by atoms with E-state index in [9.17, 15) is 4.79 Å². The lowest BCUT2D eigenvalue weighted by Gasteiger charge is -2.33. The molecule has 1 rings (SSSR count). The van der Waals surface area contributed by atoms with Crippen LogP contribution in [-0.2, 0) is 4.79 Å². The van der Waals surface area contributed by atoms with Gasteiger partial charge in [0, 0.05) is 20.5 Å². The van der Waals surface area contributed by atoms with E-state index in [-0.39, 0.29) is 5.91 Å². The van der Waals surface area contributed by atoms with Gasteiger partial charge >= 0.3 is 0 Å². The largest absolute Gasteiger partial charge is 0.346 e. The Labute approximate surface area is 107 Å². The van der Waals surface area contributed by atoms with Crippen molar-refractivity contribution in [1.29, 1.82) is 0 Å². The van der Waals surface area contributed by atoms with Crippen LogP contribution >= 0.6 is 0 Å². The normalized spacial score (nSPS) is 17.2. The van der Waals surface area contributed by atoms with Crippen molar-refractivity contribution in [3.05, 3.63) is 0 Å². The number of hydrogen-bond acceptors (Lipinski definition) is 2. The number of amides is 1. The molecule has 0 aromatic rings. The maximum Gasteiger partial charge on any atom is 0.219 e. The molecule has 17 heavy (non-hydrogen) atoms. The molecule has 0 aromatic carbocycles. The minimum absolute atomic E-state index is 0.186. The first-order chi connectivity index (χ1) is 8.13. The molecular weight excluding hydrogens is 212 g/mol. The van der Waals surface area contributed by atoms with Gasteiger partial charge in [0.2, 0.25) is 5.91 Å². The molecule has 0 aromatic heterocycles. The lowest BCUT2D eigenvalue weighted by molar-refractivity contribution is -0.128. The van der Waals surface area contributed by atoms with Crippen molar-refractivity contribution in [2.45, 2.75) is 47.0 Å². The Hall–Kier alpha value is -0.570. The van der Waals surface area contributed by atoms with Crippen LogP contribution in [0.1, 0.15) is 47.0 Å². The summed E-state index contributed by atoms with van der Waals surface area (Å²) in [5.74, 6) is 0.901. The highest BCUT2D eigenvalue weighted by Gasteiger charge is 2.20. The molecule has 0 radical (unpaired) electrons. The van der Waals surface area contributed by atoms with E-state index in [0.29, 0.717) is 5.92 Å². The monoisotopic (exact) mass is 242 g/mol. The Morgan fingerprint density at radius 3 is 2.24 bits per heavy atom. The zero-order valence-corrected chi connectivity index (χ0v) is 12.3. The molecule has 1 aliphatic rings. The summed E-state index contributed by atoms with van der Waals surface area (Å²) in [5, 5.41) is 0. The van der Waals surface area contributed by atoms with Gasteiger partial charge in [0.15, 0.2) is 0 Å². The van der Waals surface area contributed by atoms with Gasteiger partial charge in [-0.25, -0.2) is 0 Å². The fourth-order valence-corrected chi connectivity index (χ4v) is 2.22. The molecule has 1 fully saturated rings. The number of piperidine rings is 1. The number of hydrogen-bond donors (Lipinski definition) is 0. The van der Waals surface area contributed by atoms with Gasteiger partial charge in [0.25, 0.3) is 0 Å². The molecule has 0 saturated carbocycles. The molecule has 102 valence electrons. The standard InChI is InChI=1S/C12H24N2O.C2H6/c1-4-7-14-8-5-12(6-9-14)10-13(3)11(2)15;1-2/h12H,4-10H2,1-3H3;1-2H3. The molecule has 1 saturated heterocycles. The minimum atomic E-state index is 0.186. The number of rotatable bonds is 4. The van der Waals surface area contributed by atoms with Crippen molar-refractivity contribution in [3.8, 4) is 0 Å². The van der Waals surface area contributed by atoms with Crippen molar-refractivity contribution in [1.82, 2.24) is 9.80 Å². The Balaban J connectivity index is 0.00000121. The number of carbonyl (C=O) groups excluding carboxylic acids is 1. The van der Waals surface area contributed by atoms with Crippen molar-refractivity contribution in [2.75, 3.05) is 33.2 Å².